The van der Waals surface area contributed by atoms with Crippen molar-refractivity contribution >= 4 is 0 Å². The normalized spacial score (nSPS) is 28.2. The minimum absolute atomic E-state index is 0.281. The molecule has 0 spiro atoms. The van der Waals surface area contributed by atoms with E-state index in [-0.39, 0.29) is 6.61 Å². The highest BCUT2D eigenvalue weighted by Gasteiger charge is 2.28. The summed E-state index contributed by atoms with van der Waals surface area (Å²) < 4.78 is 2.14. The van der Waals surface area contributed by atoms with Crippen molar-refractivity contribution in [1.82, 2.24) is 9.88 Å². The SMILES string of the molecule is Cn1cccc1[C@@H]1CNC[C@@H]1CO. The molecule has 1 aromatic rings. The quantitative estimate of drug-likeness (QED) is 0.688. The first-order valence-electron chi connectivity index (χ1n) is 4.75. The van der Waals surface area contributed by atoms with Gasteiger partial charge in [0.2, 0.25) is 0 Å². The molecule has 2 N–H and O–H groups in total. The van der Waals surface area contributed by atoms with Crippen LogP contribution in [0.2, 0.25) is 0 Å². The zero-order valence-electron chi connectivity index (χ0n) is 7.90. The molecule has 0 unspecified atom stereocenters. The lowest BCUT2D eigenvalue weighted by Crippen LogP contribution is -2.16. The van der Waals surface area contributed by atoms with Gasteiger partial charge in [0, 0.05) is 50.5 Å². The van der Waals surface area contributed by atoms with E-state index in [1.54, 1.807) is 0 Å². The van der Waals surface area contributed by atoms with Gasteiger partial charge in [-0.05, 0) is 12.1 Å². The van der Waals surface area contributed by atoms with Crippen molar-refractivity contribution in [1.29, 1.82) is 0 Å². The molecule has 1 aromatic heterocycles. The second-order valence-electron chi connectivity index (χ2n) is 3.75. The number of rotatable bonds is 2. The van der Waals surface area contributed by atoms with Crippen LogP contribution in [0, 0.1) is 5.92 Å². The van der Waals surface area contributed by atoms with E-state index in [0.717, 1.165) is 13.1 Å². The van der Waals surface area contributed by atoms with Gasteiger partial charge in [-0.15, -0.1) is 0 Å². The van der Waals surface area contributed by atoms with Crippen molar-refractivity contribution < 1.29 is 5.11 Å². The molecule has 0 saturated carbocycles. The first kappa shape index (κ1) is 8.78. The number of aliphatic hydroxyl groups excluding tert-OH is 1. The zero-order valence-corrected chi connectivity index (χ0v) is 7.90. The third-order valence-corrected chi connectivity index (χ3v) is 2.94. The molecule has 2 heterocycles. The van der Waals surface area contributed by atoms with Crippen LogP contribution in [0.15, 0.2) is 18.3 Å². The van der Waals surface area contributed by atoms with Gasteiger partial charge in [-0.2, -0.15) is 0 Å². The summed E-state index contributed by atoms with van der Waals surface area (Å²) in [5.74, 6) is 0.860. The summed E-state index contributed by atoms with van der Waals surface area (Å²) in [7, 11) is 2.06. The Morgan fingerprint density at radius 3 is 3.08 bits per heavy atom. The molecule has 2 rings (SSSR count). The van der Waals surface area contributed by atoms with E-state index in [2.05, 4.69) is 35.3 Å². The average Bonchev–Trinajstić information content (AvgIpc) is 2.71. The van der Waals surface area contributed by atoms with Gasteiger partial charge in [0.1, 0.15) is 0 Å². The summed E-state index contributed by atoms with van der Waals surface area (Å²) in [5, 5.41) is 12.5. The van der Waals surface area contributed by atoms with Gasteiger partial charge >= 0.3 is 0 Å². The third kappa shape index (κ3) is 1.49. The highest BCUT2D eigenvalue weighted by Crippen LogP contribution is 2.27. The van der Waals surface area contributed by atoms with E-state index in [9.17, 15) is 5.11 Å². The number of aliphatic hydroxyl groups is 1. The van der Waals surface area contributed by atoms with Crippen LogP contribution < -0.4 is 5.32 Å². The molecular weight excluding hydrogens is 164 g/mol. The van der Waals surface area contributed by atoms with Crippen LogP contribution in [0.5, 0.6) is 0 Å². The van der Waals surface area contributed by atoms with Crippen LogP contribution in [0.3, 0.4) is 0 Å². The molecule has 0 radical (unpaired) electrons. The maximum atomic E-state index is 9.18. The smallest absolute Gasteiger partial charge is 0.0478 e. The molecule has 0 aliphatic carbocycles. The highest BCUT2D eigenvalue weighted by molar-refractivity contribution is 5.16. The molecule has 3 heteroatoms. The number of hydrogen-bond acceptors (Lipinski definition) is 2. The van der Waals surface area contributed by atoms with Crippen LogP contribution >= 0.6 is 0 Å². The van der Waals surface area contributed by atoms with Crippen LogP contribution in [0.1, 0.15) is 11.6 Å². The molecule has 13 heavy (non-hydrogen) atoms. The molecule has 1 fully saturated rings. The van der Waals surface area contributed by atoms with E-state index in [1.807, 2.05) is 0 Å². The van der Waals surface area contributed by atoms with Gasteiger partial charge in [-0.3, -0.25) is 0 Å². The fourth-order valence-electron chi connectivity index (χ4n) is 2.13. The van der Waals surface area contributed by atoms with Crippen molar-refractivity contribution in [3.05, 3.63) is 24.0 Å². The number of aryl methyl sites for hydroxylation is 1. The van der Waals surface area contributed by atoms with Gasteiger partial charge < -0.3 is 15.0 Å². The molecule has 0 amide bonds. The Kier molecular flexibility index (Phi) is 2.38. The van der Waals surface area contributed by atoms with Crippen molar-refractivity contribution in [3.63, 3.8) is 0 Å². The minimum Gasteiger partial charge on any atom is -0.396 e. The predicted octanol–water partition coefficient (Wildman–Crippen LogP) is 0.320. The summed E-state index contributed by atoms with van der Waals surface area (Å²) in [4.78, 5) is 0. The Hall–Kier alpha value is -0.800. The monoisotopic (exact) mass is 180 g/mol. The lowest BCUT2D eigenvalue weighted by atomic mass is 9.94. The minimum atomic E-state index is 0.281. The fraction of sp³-hybridized carbons (Fsp3) is 0.600. The molecule has 3 nitrogen and oxygen atoms in total. The lowest BCUT2D eigenvalue weighted by molar-refractivity contribution is 0.224. The second kappa shape index (κ2) is 3.52. The zero-order chi connectivity index (χ0) is 9.26. The maximum absolute atomic E-state index is 9.18. The van der Waals surface area contributed by atoms with Crippen molar-refractivity contribution in [2.24, 2.45) is 13.0 Å². The summed E-state index contributed by atoms with van der Waals surface area (Å²) in [6.45, 7) is 2.21. The highest BCUT2D eigenvalue weighted by atomic mass is 16.3. The second-order valence-corrected chi connectivity index (χ2v) is 3.75. The van der Waals surface area contributed by atoms with Crippen LogP contribution in [0.25, 0.3) is 0 Å². The molecule has 1 aliphatic heterocycles. The Bertz CT molecular complexity index is 282. The van der Waals surface area contributed by atoms with E-state index >= 15 is 0 Å². The van der Waals surface area contributed by atoms with E-state index in [4.69, 9.17) is 0 Å². The van der Waals surface area contributed by atoms with E-state index in [0.29, 0.717) is 11.8 Å². The van der Waals surface area contributed by atoms with Crippen molar-refractivity contribution in [2.45, 2.75) is 5.92 Å². The number of aromatic nitrogens is 1. The molecule has 2 atom stereocenters. The van der Waals surface area contributed by atoms with Gasteiger partial charge in [-0.1, -0.05) is 0 Å². The largest absolute Gasteiger partial charge is 0.396 e. The summed E-state index contributed by atoms with van der Waals surface area (Å²) >= 11 is 0. The van der Waals surface area contributed by atoms with Gasteiger partial charge in [0.25, 0.3) is 0 Å². The van der Waals surface area contributed by atoms with E-state index < -0.39 is 0 Å². The van der Waals surface area contributed by atoms with Crippen LogP contribution in [0.4, 0.5) is 0 Å². The lowest BCUT2D eigenvalue weighted by Gasteiger charge is -2.16. The average molecular weight is 180 g/mol. The summed E-state index contributed by atoms with van der Waals surface area (Å²) in [5.41, 5.74) is 1.32. The topological polar surface area (TPSA) is 37.2 Å². The Morgan fingerprint density at radius 2 is 2.46 bits per heavy atom. The Morgan fingerprint density at radius 1 is 1.62 bits per heavy atom. The number of nitrogens with one attached hydrogen (secondary N) is 1. The van der Waals surface area contributed by atoms with E-state index in [1.165, 1.54) is 5.69 Å². The van der Waals surface area contributed by atoms with Gasteiger partial charge in [0.15, 0.2) is 0 Å². The third-order valence-electron chi connectivity index (χ3n) is 2.94. The Balaban J connectivity index is 2.20. The number of nitrogens with zero attached hydrogens (tertiary/aromatic N) is 1. The summed E-state index contributed by atoms with van der Waals surface area (Å²) in [6, 6.07) is 4.20. The fourth-order valence-corrected chi connectivity index (χ4v) is 2.13. The predicted molar refractivity (Wildman–Crippen MR) is 51.6 cm³/mol. The molecular formula is C10H16N2O. The first-order chi connectivity index (χ1) is 6.33. The molecule has 0 bridgehead atoms. The molecule has 0 aromatic carbocycles. The van der Waals surface area contributed by atoms with Crippen LogP contribution in [-0.4, -0.2) is 29.4 Å². The van der Waals surface area contributed by atoms with Gasteiger partial charge in [0.05, 0.1) is 0 Å². The van der Waals surface area contributed by atoms with Crippen molar-refractivity contribution in [3.8, 4) is 0 Å². The molecule has 1 aliphatic rings. The first-order valence-corrected chi connectivity index (χ1v) is 4.75. The van der Waals surface area contributed by atoms with Crippen LogP contribution in [-0.2, 0) is 7.05 Å². The van der Waals surface area contributed by atoms with Gasteiger partial charge in [-0.25, -0.2) is 0 Å². The molecule has 72 valence electrons. The number of hydrogen-bond donors (Lipinski definition) is 2. The maximum Gasteiger partial charge on any atom is 0.0478 e. The van der Waals surface area contributed by atoms with Crippen molar-refractivity contribution in [2.75, 3.05) is 19.7 Å². The molecule has 1 saturated heterocycles. The standard InChI is InChI=1S/C10H16N2O/c1-12-4-2-3-10(12)9-6-11-5-8(9)7-13/h2-4,8-9,11,13H,5-7H2,1H3/t8-,9-/m1/s1. The summed E-state index contributed by atoms with van der Waals surface area (Å²) in [6.07, 6.45) is 2.06. The Labute approximate surface area is 78.4 Å².